The fraction of sp³-hybridized carbons (Fsp3) is 0.478. The minimum absolute atomic E-state index is 0.218. The summed E-state index contributed by atoms with van der Waals surface area (Å²) in [7, 11) is 1.89. The standard InChI is InChI=1S/C23H27N7O2/c1-13(19-5-6-26-29(19)2)32-20-7-15(10-25-22(20)24)18-9-21(28-23(27-18)14-3-4-14)30-11-17-8-16(30)12-31-17/h5-7,9-10,13-14,16-17H,3-4,8,11-12H2,1-2H3,(H2,24,25)/t13?,16-,17-/m0/s1. The first kappa shape index (κ1) is 19.5. The lowest BCUT2D eigenvalue weighted by Gasteiger charge is -2.28. The largest absolute Gasteiger partial charge is 0.481 e. The van der Waals surface area contributed by atoms with E-state index in [2.05, 4.69) is 21.0 Å². The Kier molecular flexibility index (Phi) is 4.53. The highest BCUT2D eigenvalue weighted by atomic mass is 16.5. The SMILES string of the molecule is CC(Oc1cc(-c2cc(N3C[C@@H]4C[C@H]3CO4)nc(C3CC3)n2)cnc1N)c1ccnn1C. The molecule has 9 heteroatoms. The molecule has 2 N–H and O–H groups in total. The van der Waals surface area contributed by atoms with Gasteiger partial charge in [0.1, 0.15) is 17.7 Å². The van der Waals surface area contributed by atoms with E-state index in [4.69, 9.17) is 25.2 Å². The summed E-state index contributed by atoms with van der Waals surface area (Å²) in [5, 5.41) is 4.22. The van der Waals surface area contributed by atoms with E-state index in [9.17, 15) is 0 Å². The number of aromatic nitrogens is 5. The molecule has 0 aromatic carbocycles. The second-order valence-corrected chi connectivity index (χ2v) is 8.99. The number of nitrogens with two attached hydrogens (primary N) is 1. The highest BCUT2D eigenvalue weighted by Crippen LogP contribution is 2.41. The van der Waals surface area contributed by atoms with Crippen LogP contribution >= 0.6 is 0 Å². The van der Waals surface area contributed by atoms with Gasteiger partial charge < -0.3 is 20.1 Å². The Morgan fingerprint density at radius 3 is 2.81 bits per heavy atom. The van der Waals surface area contributed by atoms with E-state index in [0.717, 1.165) is 61.0 Å². The molecule has 2 bridgehead atoms. The lowest BCUT2D eigenvalue weighted by atomic mass is 10.1. The van der Waals surface area contributed by atoms with Gasteiger partial charge in [-0.2, -0.15) is 5.10 Å². The monoisotopic (exact) mass is 433 g/mol. The molecule has 1 aliphatic carbocycles. The second kappa shape index (κ2) is 7.44. The number of pyridine rings is 1. The first-order valence-corrected chi connectivity index (χ1v) is 11.2. The molecule has 6 rings (SSSR count). The third-order valence-electron chi connectivity index (χ3n) is 6.62. The molecule has 3 fully saturated rings. The molecule has 0 amide bonds. The van der Waals surface area contributed by atoms with Gasteiger partial charge in [-0.05, 0) is 38.3 Å². The van der Waals surface area contributed by atoms with Crippen molar-refractivity contribution in [3.8, 4) is 17.0 Å². The number of nitrogen functional groups attached to an aromatic ring is 1. The van der Waals surface area contributed by atoms with Gasteiger partial charge in [-0.1, -0.05) is 0 Å². The number of aryl methyl sites for hydroxylation is 1. The van der Waals surface area contributed by atoms with E-state index >= 15 is 0 Å². The molecule has 5 heterocycles. The molecule has 3 atom stereocenters. The van der Waals surface area contributed by atoms with E-state index in [1.54, 1.807) is 17.1 Å². The summed E-state index contributed by atoms with van der Waals surface area (Å²) in [6.07, 6.45) is 6.98. The minimum atomic E-state index is -0.218. The summed E-state index contributed by atoms with van der Waals surface area (Å²) >= 11 is 0. The van der Waals surface area contributed by atoms with Crippen LogP contribution in [0.5, 0.6) is 5.75 Å². The maximum atomic E-state index is 6.17. The van der Waals surface area contributed by atoms with Crippen molar-refractivity contribution >= 4 is 11.6 Å². The molecule has 2 aliphatic heterocycles. The molecular weight excluding hydrogens is 406 g/mol. The molecule has 0 radical (unpaired) electrons. The van der Waals surface area contributed by atoms with Gasteiger partial charge in [0.05, 0.1) is 30.1 Å². The molecule has 1 unspecified atom stereocenters. The van der Waals surface area contributed by atoms with E-state index in [-0.39, 0.29) is 6.10 Å². The average molecular weight is 434 g/mol. The number of morpholine rings is 1. The average Bonchev–Trinajstić information content (AvgIpc) is 3.20. The van der Waals surface area contributed by atoms with Crippen LogP contribution in [0.2, 0.25) is 0 Å². The van der Waals surface area contributed by atoms with Gasteiger partial charge in [-0.15, -0.1) is 0 Å². The van der Waals surface area contributed by atoms with E-state index in [1.165, 1.54) is 0 Å². The predicted molar refractivity (Wildman–Crippen MR) is 119 cm³/mol. The van der Waals surface area contributed by atoms with Crippen LogP contribution < -0.4 is 15.4 Å². The zero-order valence-electron chi connectivity index (χ0n) is 18.3. The van der Waals surface area contributed by atoms with Gasteiger partial charge >= 0.3 is 0 Å². The molecule has 9 nitrogen and oxygen atoms in total. The van der Waals surface area contributed by atoms with Crippen LogP contribution in [-0.4, -0.2) is 50.0 Å². The Hall–Kier alpha value is -3.20. The fourth-order valence-electron chi connectivity index (χ4n) is 4.68. The quantitative estimate of drug-likeness (QED) is 0.633. The maximum Gasteiger partial charge on any atom is 0.166 e. The van der Waals surface area contributed by atoms with Gasteiger partial charge in [0.25, 0.3) is 0 Å². The summed E-state index contributed by atoms with van der Waals surface area (Å²) in [4.78, 5) is 16.6. The number of anilines is 2. The van der Waals surface area contributed by atoms with Crippen molar-refractivity contribution in [1.29, 1.82) is 0 Å². The van der Waals surface area contributed by atoms with Crippen LogP contribution in [0.4, 0.5) is 11.6 Å². The maximum absolute atomic E-state index is 6.17. The van der Waals surface area contributed by atoms with Gasteiger partial charge in [0, 0.05) is 43.5 Å². The van der Waals surface area contributed by atoms with Crippen LogP contribution in [0.15, 0.2) is 30.6 Å². The lowest BCUT2D eigenvalue weighted by molar-refractivity contribution is 0.0989. The smallest absolute Gasteiger partial charge is 0.166 e. The molecule has 3 aromatic heterocycles. The first-order valence-electron chi connectivity index (χ1n) is 11.2. The van der Waals surface area contributed by atoms with E-state index < -0.39 is 0 Å². The first-order chi connectivity index (χ1) is 15.5. The van der Waals surface area contributed by atoms with Crippen molar-refractivity contribution in [1.82, 2.24) is 24.7 Å². The molecule has 3 aliphatic rings. The number of hydrogen-bond acceptors (Lipinski definition) is 8. The van der Waals surface area contributed by atoms with Crippen LogP contribution in [0.1, 0.15) is 49.7 Å². The van der Waals surface area contributed by atoms with Crippen molar-refractivity contribution in [2.24, 2.45) is 7.05 Å². The highest BCUT2D eigenvalue weighted by Gasteiger charge is 2.40. The summed E-state index contributed by atoms with van der Waals surface area (Å²) in [5.41, 5.74) is 8.84. The van der Waals surface area contributed by atoms with Crippen molar-refractivity contribution in [3.05, 3.63) is 42.1 Å². The van der Waals surface area contributed by atoms with Gasteiger partial charge in [0.15, 0.2) is 11.6 Å². The molecule has 166 valence electrons. The fourth-order valence-corrected chi connectivity index (χ4v) is 4.68. The van der Waals surface area contributed by atoms with E-state index in [0.29, 0.717) is 29.6 Å². The summed E-state index contributed by atoms with van der Waals surface area (Å²) < 4.78 is 13.8. The van der Waals surface area contributed by atoms with Gasteiger partial charge in [0.2, 0.25) is 0 Å². The topological polar surface area (TPSA) is 104 Å². The number of fused-ring (bicyclic) bond motifs is 2. The summed E-state index contributed by atoms with van der Waals surface area (Å²) in [6.45, 7) is 3.64. The molecule has 2 saturated heterocycles. The second-order valence-electron chi connectivity index (χ2n) is 8.99. The third kappa shape index (κ3) is 3.46. The zero-order chi connectivity index (χ0) is 21.8. The van der Waals surface area contributed by atoms with Crippen molar-refractivity contribution in [3.63, 3.8) is 0 Å². The van der Waals surface area contributed by atoms with Crippen molar-refractivity contribution < 1.29 is 9.47 Å². The number of hydrogen-bond donors (Lipinski definition) is 1. The summed E-state index contributed by atoms with van der Waals surface area (Å²) in [5.74, 6) is 3.25. The molecule has 3 aromatic rings. The van der Waals surface area contributed by atoms with Crippen LogP contribution in [0.25, 0.3) is 11.3 Å². The van der Waals surface area contributed by atoms with Crippen molar-refractivity contribution in [2.45, 2.75) is 50.4 Å². The summed E-state index contributed by atoms with van der Waals surface area (Å²) in [6, 6.07) is 6.33. The Labute approximate surface area is 186 Å². The molecule has 32 heavy (non-hydrogen) atoms. The van der Waals surface area contributed by atoms with Crippen molar-refractivity contribution in [2.75, 3.05) is 23.8 Å². The number of ether oxygens (including phenoxy) is 2. The zero-order valence-corrected chi connectivity index (χ0v) is 18.3. The number of rotatable bonds is 6. The Morgan fingerprint density at radius 2 is 2.12 bits per heavy atom. The Bertz CT molecular complexity index is 1160. The Morgan fingerprint density at radius 1 is 1.25 bits per heavy atom. The normalized spacial score (nSPS) is 23.0. The lowest BCUT2D eigenvalue weighted by Crippen LogP contribution is -2.37. The van der Waals surface area contributed by atoms with E-state index in [1.807, 2.05) is 26.1 Å². The predicted octanol–water partition coefficient (Wildman–Crippen LogP) is 2.85. The third-order valence-corrected chi connectivity index (χ3v) is 6.62. The van der Waals surface area contributed by atoms with Crippen LogP contribution in [0.3, 0.4) is 0 Å². The molecule has 1 saturated carbocycles. The van der Waals surface area contributed by atoms with Crippen LogP contribution in [-0.2, 0) is 11.8 Å². The molecule has 0 spiro atoms. The van der Waals surface area contributed by atoms with Gasteiger partial charge in [-0.3, -0.25) is 4.68 Å². The molecular formula is C23H27N7O2. The Balaban J connectivity index is 1.34. The minimum Gasteiger partial charge on any atom is -0.481 e. The highest BCUT2D eigenvalue weighted by molar-refractivity contribution is 5.67. The van der Waals surface area contributed by atoms with Crippen LogP contribution in [0, 0.1) is 0 Å². The van der Waals surface area contributed by atoms with Gasteiger partial charge in [-0.25, -0.2) is 15.0 Å². The number of nitrogens with zero attached hydrogens (tertiary/aromatic N) is 6.